The fourth-order valence-corrected chi connectivity index (χ4v) is 2.07. The summed E-state index contributed by atoms with van der Waals surface area (Å²) < 4.78 is 11.0. The molecule has 1 aromatic rings. The number of rotatable bonds is 11. The van der Waals surface area contributed by atoms with E-state index in [9.17, 15) is 0 Å². The van der Waals surface area contributed by atoms with E-state index in [0.29, 0.717) is 0 Å². The first kappa shape index (κ1) is 20.3. The highest BCUT2D eigenvalue weighted by Gasteiger charge is 2.20. The lowest BCUT2D eigenvalue weighted by Crippen LogP contribution is -2.39. The molecular weight excluding hydrogens is 405 g/mol. The van der Waals surface area contributed by atoms with Crippen LogP contribution in [0.1, 0.15) is 38.4 Å². The van der Waals surface area contributed by atoms with Gasteiger partial charge in [-0.2, -0.15) is 0 Å². The van der Waals surface area contributed by atoms with E-state index in [2.05, 4.69) is 22.5 Å². The summed E-state index contributed by atoms with van der Waals surface area (Å²) in [6, 6.07) is 3.91. The molecule has 1 fully saturated rings. The second kappa shape index (κ2) is 12.6. The van der Waals surface area contributed by atoms with Crippen molar-refractivity contribution in [2.75, 3.05) is 32.8 Å². The van der Waals surface area contributed by atoms with Crippen molar-refractivity contribution in [3.8, 4) is 0 Å². The number of halogens is 1. The van der Waals surface area contributed by atoms with Gasteiger partial charge in [0, 0.05) is 39.3 Å². The van der Waals surface area contributed by atoms with Gasteiger partial charge in [0.1, 0.15) is 5.76 Å². The molecule has 5 nitrogen and oxygen atoms in total. The fourth-order valence-electron chi connectivity index (χ4n) is 2.07. The lowest BCUT2D eigenvalue weighted by Gasteiger charge is -2.12. The summed E-state index contributed by atoms with van der Waals surface area (Å²) in [5, 5.41) is 6.72. The number of ether oxygens (including phenoxy) is 1. The number of guanidine groups is 1. The van der Waals surface area contributed by atoms with E-state index in [4.69, 9.17) is 9.15 Å². The van der Waals surface area contributed by atoms with Gasteiger partial charge in [-0.25, -0.2) is 0 Å². The molecule has 1 aromatic heterocycles. The Morgan fingerprint density at radius 3 is 2.87 bits per heavy atom. The van der Waals surface area contributed by atoms with Crippen molar-refractivity contribution >= 4 is 29.9 Å². The largest absolute Gasteiger partial charge is 0.469 e. The summed E-state index contributed by atoms with van der Waals surface area (Å²) in [4.78, 5) is 4.54. The summed E-state index contributed by atoms with van der Waals surface area (Å²) in [6.07, 6.45) is 7.34. The van der Waals surface area contributed by atoms with Crippen LogP contribution in [0.3, 0.4) is 0 Å². The zero-order chi connectivity index (χ0) is 15.5. The summed E-state index contributed by atoms with van der Waals surface area (Å²) in [7, 11) is 0. The van der Waals surface area contributed by atoms with Crippen LogP contribution in [0, 0.1) is 5.92 Å². The van der Waals surface area contributed by atoms with E-state index in [1.807, 2.05) is 12.1 Å². The van der Waals surface area contributed by atoms with Gasteiger partial charge < -0.3 is 19.8 Å². The Balaban J connectivity index is 0.00000264. The van der Waals surface area contributed by atoms with Crippen LogP contribution in [0.4, 0.5) is 0 Å². The molecule has 6 heteroatoms. The molecule has 0 atom stereocenters. The number of aliphatic imine (C=N–C) groups is 1. The Bertz CT molecular complexity index is 419. The standard InChI is InChI=1S/C17H29N3O2.HI/c1-2-9-18-17(20-11-8-16-5-3-13-22-16)19-10-4-12-21-14-15-6-7-15;/h3,5,13,15H,2,4,6-12,14H2,1H3,(H2,18,19,20);1H. The third-order valence-corrected chi connectivity index (χ3v) is 3.55. The van der Waals surface area contributed by atoms with Gasteiger partial charge in [-0.3, -0.25) is 4.99 Å². The average Bonchev–Trinajstić information content (AvgIpc) is 3.21. The van der Waals surface area contributed by atoms with Crippen molar-refractivity contribution in [1.82, 2.24) is 10.6 Å². The molecule has 0 saturated heterocycles. The Kier molecular flexibility index (Phi) is 11.1. The van der Waals surface area contributed by atoms with Crippen LogP contribution >= 0.6 is 24.0 Å². The molecule has 0 aromatic carbocycles. The molecule has 0 bridgehead atoms. The van der Waals surface area contributed by atoms with Crippen molar-refractivity contribution in [2.45, 2.75) is 39.0 Å². The van der Waals surface area contributed by atoms with Gasteiger partial charge in [-0.05, 0) is 43.7 Å². The second-order valence-electron chi connectivity index (χ2n) is 5.79. The van der Waals surface area contributed by atoms with Crippen molar-refractivity contribution in [2.24, 2.45) is 10.9 Å². The monoisotopic (exact) mass is 435 g/mol. The van der Waals surface area contributed by atoms with E-state index >= 15 is 0 Å². The maximum Gasteiger partial charge on any atom is 0.191 e. The average molecular weight is 435 g/mol. The molecule has 0 radical (unpaired) electrons. The van der Waals surface area contributed by atoms with Crippen LogP contribution in [0.2, 0.25) is 0 Å². The van der Waals surface area contributed by atoms with Crippen LogP contribution in [0.25, 0.3) is 0 Å². The number of hydrogen-bond donors (Lipinski definition) is 2. The number of nitrogens with one attached hydrogen (secondary N) is 2. The van der Waals surface area contributed by atoms with E-state index in [-0.39, 0.29) is 24.0 Å². The van der Waals surface area contributed by atoms with Gasteiger partial charge in [0.05, 0.1) is 6.26 Å². The van der Waals surface area contributed by atoms with Crippen LogP contribution in [-0.4, -0.2) is 38.8 Å². The number of hydrogen-bond acceptors (Lipinski definition) is 3. The molecule has 132 valence electrons. The molecular formula is C17H30IN3O2. The zero-order valence-corrected chi connectivity index (χ0v) is 16.4. The van der Waals surface area contributed by atoms with Gasteiger partial charge in [0.2, 0.25) is 0 Å². The van der Waals surface area contributed by atoms with E-state index in [1.54, 1.807) is 6.26 Å². The summed E-state index contributed by atoms with van der Waals surface area (Å²) in [5.41, 5.74) is 0. The first-order chi connectivity index (χ1) is 10.9. The molecule has 1 heterocycles. The molecule has 2 rings (SSSR count). The molecule has 0 amide bonds. The number of nitrogens with zero attached hydrogens (tertiary/aromatic N) is 1. The van der Waals surface area contributed by atoms with Crippen LogP contribution in [0.15, 0.2) is 27.8 Å². The highest BCUT2D eigenvalue weighted by atomic mass is 127. The summed E-state index contributed by atoms with van der Waals surface area (Å²) >= 11 is 0. The van der Waals surface area contributed by atoms with Gasteiger partial charge in [-0.1, -0.05) is 6.92 Å². The van der Waals surface area contributed by atoms with Crippen molar-refractivity contribution in [1.29, 1.82) is 0 Å². The van der Waals surface area contributed by atoms with Crippen molar-refractivity contribution in [3.05, 3.63) is 24.2 Å². The SMILES string of the molecule is CCCN=C(NCCCOCC1CC1)NCCc1ccco1.I. The quantitative estimate of drug-likeness (QED) is 0.243. The van der Waals surface area contributed by atoms with Gasteiger partial charge in [-0.15, -0.1) is 24.0 Å². The molecule has 0 spiro atoms. The Morgan fingerprint density at radius 1 is 1.35 bits per heavy atom. The van der Waals surface area contributed by atoms with Gasteiger partial charge >= 0.3 is 0 Å². The Morgan fingerprint density at radius 2 is 2.17 bits per heavy atom. The van der Waals surface area contributed by atoms with Crippen molar-refractivity contribution < 1.29 is 9.15 Å². The highest BCUT2D eigenvalue weighted by Crippen LogP contribution is 2.28. The minimum Gasteiger partial charge on any atom is -0.469 e. The maximum absolute atomic E-state index is 5.64. The van der Waals surface area contributed by atoms with E-state index in [1.165, 1.54) is 12.8 Å². The first-order valence-electron chi connectivity index (χ1n) is 8.50. The fraction of sp³-hybridized carbons (Fsp3) is 0.706. The first-order valence-corrected chi connectivity index (χ1v) is 8.50. The molecule has 1 saturated carbocycles. The lowest BCUT2D eigenvalue weighted by atomic mass is 10.3. The second-order valence-corrected chi connectivity index (χ2v) is 5.79. The highest BCUT2D eigenvalue weighted by molar-refractivity contribution is 14.0. The van der Waals surface area contributed by atoms with Crippen LogP contribution in [-0.2, 0) is 11.2 Å². The Labute approximate surface area is 156 Å². The minimum absolute atomic E-state index is 0. The van der Waals surface area contributed by atoms with Gasteiger partial charge in [0.25, 0.3) is 0 Å². The zero-order valence-electron chi connectivity index (χ0n) is 14.1. The van der Waals surface area contributed by atoms with E-state index in [0.717, 1.165) is 69.7 Å². The molecule has 23 heavy (non-hydrogen) atoms. The van der Waals surface area contributed by atoms with E-state index < -0.39 is 0 Å². The van der Waals surface area contributed by atoms with Gasteiger partial charge in [0.15, 0.2) is 5.96 Å². The third kappa shape index (κ3) is 9.86. The molecule has 1 aliphatic rings. The molecule has 1 aliphatic carbocycles. The summed E-state index contributed by atoms with van der Waals surface area (Å²) in [6.45, 7) is 6.46. The molecule has 0 aliphatic heterocycles. The molecule has 2 N–H and O–H groups in total. The predicted molar refractivity (Wildman–Crippen MR) is 105 cm³/mol. The Hall–Kier alpha value is -0.760. The topological polar surface area (TPSA) is 58.8 Å². The molecule has 0 unspecified atom stereocenters. The normalized spacial score (nSPS) is 14.4. The van der Waals surface area contributed by atoms with Crippen LogP contribution in [0.5, 0.6) is 0 Å². The maximum atomic E-state index is 5.64. The van der Waals surface area contributed by atoms with Crippen molar-refractivity contribution in [3.63, 3.8) is 0 Å². The lowest BCUT2D eigenvalue weighted by molar-refractivity contribution is 0.123. The predicted octanol–water partition coefficient (Wildman–Crippen LogP) is 3.20. The third-order valence-electron chi connectivity index (χ3n) is 3.55. The van der Waals surface area contributed by atoms with Crippen LogP contribution < -0.4 is 10.6 Å². The number of furan rings is 1. The summed E-state index contributed by atoms with van der Waals surface area (Å²) in [5.74, 6) is 2.73. The minimum atomic E-state index is 0. The smallest absolute Gasteiger partial charge is 0.191 e.